The highest BCUT2D eigenvalue weighted by atomic mass is 16.3. The summed E-state index contributed by atoms with van der Waals surface area (Å²) in [6.07, 6.45) is 2.48. The van der Waals surface area contributed by atoms with Crippen molar-refractivity contribution >= 4 is 0 Å². The zero-order valence-electron chi connectivity index (χ0n) is 15.6. The van der Waals surface area contributed by atoms with Gasteiger partial charge in [0.25, 0.3) is 0 Å². The van der Waals surface area contributed by atoms with Crippen LogP contribution in [-0.4, -0.2) is 28.5 Å². The summed E-state index contributed by atoms with van der Waals surface area (Å²) in [7, 11) is 0. The van der Waals surface area contributed by atoms with Gasteiger partial charge in [0.1, 0.15) is 5.75 Å². The van der Waals surface area contributed by atoms with Crippen LogP contribution in [0.25, 0.3) is 0 Å². The van der Waals surface area contributed by atoms with Crippen molar-refractivity contribution in [2.24, 2.45) is 5.92 Å². The molecule has 0 spiro atoms. The van der Waals surface area contributed by atoms with Gasteiger partial charge >= 0.3 is 0 Å². The Labute approximate surface area is 141 Å². The van der Waals surface area contributed by atoms with E-state index in [9.17, 15) is 15.3 Å². The van der Waals surface area contributed by atoms with Crippen molar-refractivity contribution in [3.63, 3.8) is 0 Å². The molecule has 3 nitrogen and oxygen atoms in total. The van der Waals surface area contributed by atoms with E-state index in [1.165, 1.54) is 0 Å². The molecule has 0 aliphatic carbocycles. The zero-order valence-corrected chi connectivity index (χ0v) is 15.6. The van der Waals surface area contributed by atoms with Gasteiger partial charge in [-0.2, -0.15) is 0 Å². The fourth-order valence-electron chi connectivity index (χ4n) is 2.74. The van der Waals surface area contributed by atoms with Gasteiger partial charge in [-0.05, 0) is 35.7 Å². The molecule has 132 valence electrons. The molecule has 1 aromatic rings. The maximum absolute atomic E-state index is 10.9. The summed E-state index contributed by atoms with van der Waals surface area (Å²) in [6, 6.07) is 4.10. The smallest absolute Gasteiger partial charge is 0.123 e. The van der Waals surface area contributed by atoms with Gasteiger partial charge in [-0.3, -0.25) is 0 Å². The molecule has 0 heterocycles. The second-order valence-corrected chi connectivity index (χ2v) is 7.95. The Kier molecular flexibility index (Phi) is 6.67. The fraction of sp³-hybridized carbons (Fsp3) is 0.700. The molecule has 3 heteroatoms. The number of rotatable bonds is 8. The van der Waals surface area contributed by atoms with E-state index in [1.807, 2.05) is 12.1 Å². The van der Waals surface area contributed by atoms with Gasteiger partial charge in [0, 0.05) is 30.3 Å². The average Bonchev–Trinajstić information content (AvgIpc) is 2.53. The van der Waals surface area contributed by atoms with E-state index in [4.69, 9.17) is 0 Å². The minimum atomic E-state index is -0.158. The van der Waals surface area contributed by atoms with E-state index in [0.717, 1.165) is 29.5 Å². The number of aromatic hydroxyl groups is 1. The molecule has 0 unspecified atom stereocenters. The molecule has 0 atom stereocenters. The highest BCUT2D eigenvalue weighted by Crippen LogP contribution is 2.42. The molecule has 0 aromatic heterocycles. The third kappa shape index (κ3) is 4.48. The van der Waals surface area contributed by atoms with E-state index in [-0.39, 0.29) is 30.0 Å². The van der Waals surface area contributed by atoms with Crippen LogP contribution in [0.2, 0.25) is 0 Å². The predicted octanol–water partition coefficient (Wildman–Crippen LogP) is 3.91. The molecule has 0 fully saturated rings. The van der Waals surface area contributed by atoms with E-state index < -0.39 is 0 Å². The molecule has 3 N–H and O–H groups in total. The van der Waals surface area contributed by atoms with Crippen LogP contribution in [-0.2, 0) is 17.3 Å². The van der Waals surface area contributed by atoms with Crippen LogP contribution in [0.1, 0.15) is 71.1 Å². The quantitative estimate of drug-likeness (QED) is 0.680. The summed E-state index contributed by atoms with van der Waals surface area (Å²) < 4.78 is 0. The summed E-state index contributed by atoms with van der Waals surface area (Å²) in [6.45, 7) is 12.8. The molecule has 0 saturated heterocycles. The summed E-state index contributed by atoms with van der Waals surface area (Å²) in [5.74, 6) is 0.242. The molecular formula is C20H34O3. The van der Waals surface area contributed by atoms with E-state index in [0.29, 0.717) is 12.2 Å². The molecule has 1 rings (SSSR count). The number of hydrogen-bond donors (Lipinski definition) is 3. The summed E-state index contributed by atoms with van der Waals surface area (Å²) >= 11 is 0. The molecular weight excluding hydrogens is 288 g/mol. The van der Waals surface area contributed by atoms with Crippen LogP contribution in [0.5, 0.6) is 5.75 Å². The Balaban J connectivity index is 3.49. The number of aliphatic hydroxyl groups excluding tert-OH is 2. The maximum atomic E-state index is 10.9. The molecule has 0 aliphatic rings. The van der Waals surface area contributed by atoms with Gasteiger partial charge in [0.2, 0.25) is 0 Å². The van der Waals surface area contributed by atoms with Crippen LogP contribution in [0.15, 0.2) is 12.1 Å². The lowest BCUT2D eigenvalue weighted by Crippen LogP contribution is -2.22. The highest BCUT2D eigenvalue weighted by Gasteiger charge is 2.29. The number of hydrogen-bond acceptors (Lipinski definition) is 3. The SMILES string of the molecule is CCC(C)(C)c1cc(CC(CO)CO)cc(C(C)(C)CC)c1O. The second kappa shape index (κ2) is 7.67. The highest BCUT2D eigenvalue weighted by molar-refractivity contribution is 5.50. The van der Waals surface area contributed by atoms with Crippen LogP contribution in [0, 0.1) is 5.92 Å². The maximum Gasteiger partial charge on any atom is 0.123 e. The molecule has 1 aromatic carbocycles. The molecule has 0 saturated carbocycles. The van der Waals surface area contributed by atoms with Crippen molar-refractivity contribution in [3.8, 4) is 5.75 Å². The van der Waals surface area contributed by atoms with E-state index >= 15 is 0 Å². The Morgan fingerprint density at radius 2 is 1.26 bits per heavy atom. The summed E-state index contributed by atoms with van der Waals surface area (Å²) in [5, 5.41) is 29.7. The minimum absolute atomic E-state index is 0.0314. The second-order valence-electron chi connectivity index (χ2n) is 7.95. The van der Waals surface area contributed by atoms with Gasteiger partial charge in [-0.25, -0.2) is 0 Å². The van der Waals surface area contributed by atoms with Crippen molar-refractivity contribution in [3.05, 3.63) is 28.8 Å². The summed E-state index contributed by atoms with van der Waals surface area (Å²) in [5.41, 5.74) is 2.76. The van der Waals surface area contributed by atoms with Crippen molar-refractivity contribution in [1.82, 2.24) is 0 Å². The van der Waals surface area contributed by atoms with Crippen LogP contribution in [0.3, 0.4) is 0 Å². The summed E-state index contributed by atoms with van der Waals surface area (Å²) in [4.78, 5) is 0. The first-order valence-corrected chi connectivity index (χ1v) is 8.71. The topological polar surface area (TPSA) is 60.7 Å². The molecule has 0 amide bonds. The molecule has 23 heavy (non-hydrogen) atoms. The van der Waals surface area contributed by atoms with Crippen molar-refractivity contribution in [2.45, 2.75) is 71.6 Å². The first-order valence-electron chi connectivity index (χ1n) is 8.71. The number of aliphatic hydroxyl groups is 2. The standard InChI is InChI=1S/C20H34O3/c1-7-19(3,4)16-10-14(9-15(12-21)13-22)11-17(18(16)23)20(5,6)8-2/h10-11,15,21-23H,7-9,12-13H2,1-6H3. The minimum Gasteiger partial charge on any atom is -0.507 e. The Morgan fingerprint density at radius 3 is 1.57 bits per heavy atom. The predicted molar refractivity (Wildman–Crippen MR) is 96.1 cm³/mol. The largest absolute Gasteiger partial charge is 0.507 e. The van der Waals surface area contributed by atoms with Gasteiger partial charge in [-0.1, -0.05) is 53.7 Å². The number of benzene rings is 1. The normalized spacial score (nSPS) is 12.9. The van der Waals surface area contributed by atoms with E-state index in [1.54, 1.807) is 0 Å². The van der Waals surface area contributed by atoms with Crippen molar-refractivity contribution < 1.29 is 15.3 Å². The third-order valence-corrected chi connectivity index (χ3v) is 5.44. The van der Waals surface area contributed by atoms with Gasteiger partial charge in [-0.15, -0.1) is 0 Å². The first-order chi connectivity index (χ1) is 10.6. The van der Waals surface area contributed by atoms with Crippen molar-refractivity contribution in [2.75, 3.05) is 13.2 Å². The van der Waals surface area contributed by atoms with Crippen molar-refractivity contribution in [1.29, 1.82) is 0 Å². The lowest BCUT2D eigenvalue weighted by Gasteiger charge is -2.31. The lowest BCUT2D eigenvalue weighted by molar-refractivity contribution is 0.150. The Bertz CT molecular complexity index is 477. The van der Waals surface area contributed by atoms with Crippen LogP contribution in [0.4, 0.5) is 0 Å². The van der Waals surface area contributed by atoms with Crippen LogP contribution >= 0.6 is 0 Å². The number of phenolic OH excluding ortho intramolecular Hbond substituents is 1. The van der Waals surface area contributed by atoms with E-state index in [2.05, 4.69) is 41.5 Å². The molecule has 0 aliphatic heterocycles. The third-order valence-electron chi connectivity index (χ3n) is 5.44. The van der Waals surface area contributed by atoms with Crippen LogP contribution < -0.4 is 0 Å². The first kappa shape index (κ1) is 20.0. The Hall–Kier alpha value is -1.06. The fourth-order valence-corrected chi connectivity index (χ4v) is 2.74. The van der Waals surface area contributed by atoms with Gasteiger partial charge < -0.3 is 15.3 Å². The van der Waals surface area contributed by atoms with Gasteiger partial charge in [0.15, 0.2) is 0 Å². The zero-order chi connectivity index (χ0) is 17.8. The van der Waals surface area contributed by atoms with Gasteiger partial charge in [0.05, 0.1) is 0 Å². The lowest BCUT2D eigenvalue weighted by atomic mass is 9.74. The molecule has 0 bridgehead atoms. The average molecular weight is 322 g/mol. The number of phenols is 1. The Morgan fingerprint density at radius 1 is 0.870 bits per heavy atom. The molecule has 0 radical (unpaired) electrons. The monoisotopic (exact) mass is 322 g/mol.